The first-order valence-corrected chi connectivity index (χ1v) is 10.0. The molecule has 7 heteroatoms. The summed E-state index contributed by atoms with van der Waals surface area (Å²) < 4.78 is 2.38. The zero-order chi connectivity index (χ0) is 18.8. The van der Waals surface area contributed by atoms with Gasteiger partial charge in [-0.1, -0.05) is 18.2 Å². The van der Waals surface area contributed by atoms with Gasteiger partial charge in [-0.05, 0) is 30.9 Å². The van der Waals surface area contributed by atoms with Crippen molar-refractivity contribution in [2.24, 2.45) is 0 Å². The molecular formula is C20H21N5OS. The van der Waals surface area contributed by atoms with E-state index in [4.69, 9.17) is 4.98 Å². The molecule has 0 spiro atoms. The van der Waals surface area contributed by atoms with Crippen molar-refractivity contribution < 1.29 is 0 Å². The number of nitrogens with zero attached hydrogens (tertiary/aromatic N) is 4. The molecular weight excluding hydrogens is 358 g/mol. The van der Waals surface area contributed by atoms with Gasteiger partial charge in [0, 0.05) is 25.5 Å². The van der Waals surface area contributed by atoms with Crippen molar-refractivity contribution in [3.05, 3.63) is 51.1 Å². The average molecular weight is 379 g/mol. The Balaban J connectivity index is 1.90. The van der Waals surface area contributed by atoms with Crippen molar-refractivity contribution in [2.45, 2.75) is 25.8 Å². The Kier molecular flexibility index (Phi) is 4.82. The largest absolute Gasteiger partial charge is 0.386 e. The second-order valence-electron chi connectivity index (χ2n) is 6.70. The molecule has 0 aliphatic carbocycles. The highest BCUT2D eigenvalue weighted by Crippen LogP contribution is 2.29. The maximum atomic E-state index is 13.3. The Hall–Kier alpha value is -2.85. The third-order valence-electron chi connectivity index (χ3n) is 5.03. The van der Waals surface area contributed by atoms with E-state index in [1.807, 2.05) is 30.6 Å². The van der Waals surface area contributed by atoms with Crippen LogP contribution in [0.25, 0.3) is 10.2 Å². The molecule has 0 amide bonds. The standard InChI is InChI=1S/C20H21N5OS/c1-22-16-13-27-18-17(16)23-20(24-9-5-2-6-10-24)25(19(18)26)12-15-8-4-3-7-14(15)11-21/h3-4,7-8,13,22H,2,5-6,9-10,12H2,1H3. The average Bonchev–Trinajstić information content (AvgIpc) is 3.14. The molecule has 1 saturated heterocycles. The summed E-state index contributed by atoms with van der Waals surface area (Å²) >= 11 is 1.41. The van der Waals surface area contributed by atoms with Crippen LogP contribution in [0.2, 0.25) is 0 Å². The van der Waals surface area contributed by atoms with Crippen LogP contribution in [0.1, 0.15) is 30.4 Å². The Morgan fingerprint density at radius 1 is 1.26 bits per heavy atom. The fourth-order valence-corrected chi connectivity index (χ4v) is 4.52. The molecule has 1 aliphatic heterocycles. The minimum atomic E-state index is -0.0418. The summed E-state index contributed by atoms with van der Waals surface area (Å²) in [5.41, 5.74) is 3.01. The third-order valence-corrected chi connectivity index (χ3v) is 5.99. The molecule has 2 aromatic heterocycles. The van der Waals surface area contributed by atoms with Gasteiger partial charge in [0.1, 0.15) is 10.2 Å². The van der Waals surface area contributed by atoms with Crippen molar-refractivity contribution in [3.8, 4) is 6.07 Å². The molecule has 0 atom stereocenters. The smallest absolute Gasteiger partial charge is 0.273 e. The summed E-state index contributed by atoms with van der Waals surface area (Å²) in [7, 11) is 1.85. The summed E-state index contributed by atoms with van der Waals surface area (Å²) in [5, 5.41) is 14.5. The predicted octanol–water partition coefficient (Wildman–Crippen LogP) is 3.41. The Morgan fingerprint density at radius 2 is 2.04 bits per heavy atom. The molecule has 0 bridgehead atoms. The maximum absolute atomic E-state index is 13.3. The van der Waals surface area contributed by atoms with Crippen molar-refractivity contribution in [2.75, 3.05) is 30.4 Å². The number of thiophene rings is 1. The summed E-state index contributed by atoms with van der Waals surface area (Å²) in [6.07, 6.45) is 3.41. The van der Waals surface area contributed by atoms with E-state index in [-0.39, 0.29) is 5.56 Å². The predicted molar refractivity (Wildman–Crippen MR) is 110 cm³/mol. The minimum absolute atomic E-state index is 0.0418. The van der Waals surface area contributed by atoms with E-state index in [9.17, 15) is 10.1 Å². The molecule has 6 nitrogen and oxygen atoms in total. The quantitative estimate of drug-likeness (QED) is 0.752. The first-order chi connectivity index (χ1) is 13.2. The number of hydrogen-bond acceptors (Lipinski definition) is 6. The lowest BCUT2D eigenvalue weighted by atomic mass is 10.1. The number of nitriles is 1. The van der Waals surface area contributed by atoms with E-state index < -0.39 is 0 Å². The fourth-order valence-electron chi connectivity index (χ4n) is 3.58. The normalized spacial score (nSPS) is 14.3. The molecule has 27 heavy (non-hydrogen) atoms. The number of fused-ring (bicyclic) bond motifs is 1. The van der Waals surface area contributed by atoms with Crippen LogP contribution in [-0.4, -0.2) is 29.7 Å². The van der Waals surface area contributed by atoms with Crippen LogP contribution in [0.15, 0.2) is 34.4 Å². The second-order valence-corrected chi connectivity index (χ2v) is 7.58. The van der Waals surface area contributed by atoms with Crippen LogP contribution >= 0.6 is 11.3 Å². The van der Waals surface area contributed by atoms with Gasteiger partial charge in [0.2, 0.25) is 5.95 Å². The molecule has 4 rings (SSSR count). The number of benzene rings is 1. The van der Waals surface area contributed by atoms with Crippen LogP contribution in [0.5, 0.6) is 0 Å². The molecule has 1 N–H and O–H groups in total. The van der Waals surface area contributed by atoms with Crippen LogP contribution in [0.3, 0.4) is 0 Å². The van der Waals surface area contributed by atoms with Crippen molar-refractivity contribution in [1.82, 2.24) is 9.55 Å². The monoisotopic (exact) mass is 379 g/mol. The van der Waals surface area contributed by atoms with Gasteiger partial charge in [0.15, 0.2) is 0 Å². The van der Waals surface area contributed by atoms with Crippen LogP contribution in [0, 0.1) is 11.3 Å². The van der Waals surface area contributed by atoms with Gasteiger partial charge in [0.05, 0.1) is 23.9 Å². The summed E-state index contributed by atoms with van der Waals surface area (Å²) in [5.74, 6) is 0.704. The Morgan fingerprint density at radius 3 is 2.78 bits per heavy atom. The second kappa shape index (κ2) is 7.41. The van der Waals surface area contributed by atoms with Gasteiger partial charge >= 0.3 is 0 Å². The maximum Gasteiger partial charge on any atom is 0.273 e. The van der Waals surface area contributed by atoms with Gasteiger partial charge in [-0.15, -0.1) is 11.3 Å². The van der Waals surface area contributed by atoms with Gasteiger partial charge in [0.25, 0.3) is 5.56 Å². The van der Waals surface area contributed by atoms with Crippen LogP contribution < -0.4 is 15.8 Å². The van der Waals surface area contributed by atoms with Crippen molar-refractivity contribution in [1.29, 1.82) is 5.26 Å². The molecule has 1 aliphatic rings. The summed E-state index contributed by atoms with van der Waals surface area (Å²) in [6, 6.07) is 9.67. The van der Waals surface area contributed by atoms with E-state index in [1.54, 1.807) is 10.6 Å². The molecule has 0 unspecified atom stereocenters. The van der Waals surface area contributed by atoms with E-state index in [0.29, 0.717) is 22.8 Å². The van der Waals surface area contributed by atoms with Crippen LogP contribution in [0.4, 0.5) is 11.6 Å². The number of nitrogens with one attached hydrogen (secondary N) is 1. The lowest BCUT2D eigenvalue weighted by molar-refractivity contribution is 0.553. The molecule has 0 radical (unpaired) electrons. The molecule has 3 heterocycles. The van der Waals surface area contributed by atoms with E-state index in [2.05, 4.69) is 16.3 Å². The van der Waals surface area contributed by atoms with Crippen molar-refractivity contribution in [3.63, 3.8) is 0 Å². The highest BCUT2D eigenvalue weighted by atomic mass is 32.1. The third kappa shape index (κ3) is 3.17. The number of piperidine rings is 1. The number of hydrogen-bond donors (Lipinski definition) is 1. The van der Waals surface area contributed by atoms with E-state index in [1.165, 1.54) is 17.8 Å². The molecule has 1 fully saturated rings. The fraction of sp³-hybridized carbons (Fsp3) is 0.350. The van der Waals surface area contributed by atoms with Crippen LogP contribution in [-0.2, 0) is 6.54 Å². The molecule has 3 aromatic rings. The zero-order valence-electron chi connectivity index (χ0n) is 15.2. The number of anilines is 2. The lowest BCUT2D eigenvalue weighted by Gasteiger charge is -2.29. The number of aromatic nitrogens is 2. The molecule has 1 aromatic carbocycles. The first-order valence-electron chi connectivity index (χ1n) is 9.15. The summed E-state index contributed by atoms with van der Waals surface area (Å²) in [6.45, 7) is 2.15. The SMILES string of the molecule is CNc1csc2c(=O)n(Cc3ccccc3C#N)c(N3CCCCC3)nc12. The Labute approximate surface area is 161 Å². The zero-order valence-corrected chi connectivity index (χ0v) is 16.1. The van der Waals surface area contributed by atoms with Gasteiger partial charge in [-0.3, -0.25) is 9.36 Å². The highest BCUT2D eigenvalue weighted by Gasteiger charge is 2.21. The summed E-state index contributed by atoms with van der Waals surface area (Å²) in [4.78, 5) is 20.4. The van der Waals surface area contributed by atoms with E-state index >= 15 is 0 Å². The van der Waals surface area contributed by atoms with Gasteiger partial charge in [-0.25, -0.2) is 4.98 Å². The topological polar surface area (TPSA) is 74.0 Å². The molecule has 0 saturated carbocycles. The number of rotatable bonds is 4. The van der Waals surface area contributed by atoms with E-state index in [0.717, 1.165) is 42.7 Å². The van der Waals surface area contributed by atoms with Gasteiger partial charge in [-0.2, -0.15) is 5.26 Å². The lowest BCUT2D eigenvalue weighted by Crippen LogP contribution is -2.36. The highest BCUT2D eigenvalue weighted by molar-refractivity contribution is 7.17. The first kappa shape index (κ1) is 17.6. The Bertz CT molecular complexity index is 1070. The van der Waals surface area contributed by atoms with Gasteiger partial charge < -0.3 is 10.2 Å². The molecule has 138 valence electrons. The van der Waals surface area contributed by atoms with Crippen molar-refractivity contribution >= 4 is 33.2 Å². The minimum Gasteiger partial charge on any atom is -0.386 e.